The normalized spacial score (nSPS) is 14.6. The Morgan fingerprint density at radius 1 is 1.10 bits per heavy atom. The predicted molar refractivity (Wildman–Crippen MR) is 87.7 cm³/mol. The highest BCUT2D eigenvalue weighted by Crippen LogP contribution is 2.23. The van der Waals surface area contributed by atoms with Crippen molar-refractivity contribution in [2.45, 2.75) is 38.9 Å². The first-order valence-electron chi connectivity index (χ1n) is 7.51. The van der Waals surface area contributed by atoms with Gasteiger partial charge in [0.2, 0.25) is 0 Å². The average molecular weight is 286 g/mol. The highest BCUT2D eigenvalue weighted by molar-refractivity contribution is 5.31. The van der Waals surface area contributed by atoms with Gasteiger partial charge in [0.1, 0.15) is 0 Å². The fourth-order valence-electron chi connectivity index (χ4n) is 2.86. The molecule has 1 aromatic carbocycles. The van der Waals surface area contributed by atoms with Crippen LogP contribution in [0, 0.1) is 0 Å². The Morgan fingerprint density at radius 2 is 1.76 bits per heavy atom. The van der Waals surface area contributed by atoms with Crippen molar-refractivity contribution in [1.29, 1.82) is 0 Å². The molecule has 0 aliphatic rings. The zero-order valence-corrected chi connectivity index (χ0v) is 13.6. The van der Waals surface area contributed by atoms with E-state index in [1.807, 2.05) is 29.1 Å². The molecule has 0 fully saturated rings. The summed E-state index contributed by atoms with van der Waals surface area (Å²) in [5.74, 6) is 0. The first kappa shape index (κ1) is 15.7. The molecule has 1 heterocycles. The second kappa shape index (κ2) is 6.87. The summed E-state index contributed by atoms with van der Waals surface area (Å²) in [6, 6.07) is 11.3. The Hall–Kier alpha value is -1.65. The summed E-state index contributed by atoms with van der Waals surface area (Å²) in [7, 11) is 4.23. The molecule has 0 unspecified atom stereocenters. The van der Waals surface area contributed by atoms with Crippen molar-refractivity contribution in [3.63, 3.8) is 0 Å². The number of para-hydroxylation sites is 1. The van der Waals surface area contributed by atoms with Gasteiger partial charge in [0.15, 0.2) is 0 Å². The highest BCUT2D eigenvalue weighted by Gasteiger charge is 2.23. The van der Waals surface area contributed by atoms with Crippen molar-refractivity contribution in [2.24, 2.45) is 0 Å². The van der Waals surface area contributed by atoms with Crippen LogP contribution in [0.5, 0.6) is 0 Å². The molecule has 2 rings (SSSR count). The lowest BCUT2D eigenvalue weighted by Gasteiger charge is -2.31. The zero-order chi connectivity index (χ0) is 15.4. The standard InChI is InChI=1S/C17H26N4/c1-13(2)19-14(3)17(20(4)5)15-11-18-21(12-15)16-9-7-6-8-10-16/h6-14,17,19H,1-5H3/t14-,17+/m0/s1. The van der Waals surface area contributed by atoms with E-state index in [4.69, 9.17) is 0 Å². The maximum Gasteiger partial charge on any atom is 0.0645 e. The van der Waals surface area contributed by atoms with Crippen LogP contribution < -0.4 is 5.32 Å². The number of likely N-dealkylation sites (N-methyl/N-ethyl adjacent to an activating group) is 1. The van der Waals surface area contributed by atoms with Gasteiger partial charge in [-0.05, 0) is 33.2 Å². The van der Waals surface area contributed by atoms with Crippen LogP contribution in [0.4, 0.5) is 0 Å². The Balaban J connectivity index is 2.24. The quantitative estimate of drug-likeness (QED) is 0.886. The Labute approximate surface area is 127 Å². The van der Waals surface area contributed by atoms with Gasteiger partial charge < -0.3 is 10.2 Å². The number of nitrogens with zero attached hydrogens (tertiary/aromatic N) is 3. The van der Waals surface area contributed by atoms with Gasteiger partial charge in [0, 0.05) is 23.8 Å². The Bertz CT molecular complexity index is 545. The molecule has 0 aliphatic carbocycles. The summed E-state index contributed by atoms with van der Waals surface area (Å²) in [4.78, 5) is 2.24. The van der Waals surface area contributed by atoms with Gasteiger partial charge in [-0.3, -0.25) is 0 Å². The fraction of sp³-hybridized carbons (Fsp3) is 0.471. The lowest BCUT2D eigenvalue weighted by Crippen LogP contribution is -2.42. The topological polar surface area (TPSA) is 33.1 Å². The lowest BCUT2D eigenvalue weighted by atomic mass is 10.0. The van der Waals surface area contributed by atoms with E-state index >= 15 is 0 Å². The molecule has 0 amide bonds. The second-order valence-corrected chi connectivity index (χ2v) is 6.07. The number of hydrogen-bond donors (Lipinski definition) is 1. The monoisotopic (exact) mass is 286 g/mol. The van der Waals surface area contributed by atoms with Crippen molar-refractivity contribution in [2.75, 3.05) is 14.1 Å². The molecule has 1 aromatic heterocycles. The average Bonchev–Trinajstić information content (AvgIpc) is 2.88. The molecular weight excluding hydrogens is 260 g/mol. The van der Waals surface area contributed by atoms with Crippen molar-refractivity contribution >= 4 is 0 Å². The van der Waals surface area contributed by atoms with Crippen molar-refractivity contribution < 1.29 is 0 Å². The van der Waals surface area contributed by atoms with Crippen LogP contribution in [0.2, 0.25) is 0 Å². The minimum atomic E-state index is 0.296. The molecule has 0 radical (unpaired) electrons. The molecule has 0 saturated carbocycles. The molecule has 1 N–H and O–H groups in total. The maximum absolute atomic E-state index is 4.51. The van der Waals surface area contributed by atoms with Gasteiger partial charge in [-0.2, -0.15) is 5.10 Å². The first-order chi connectivity index (χ1) is 9.99. The van der Waals surface area contributed by atoms with Crippen LogP contribution in [0.3, 0.4) is 0 Å². The van der Waals surface area contributed by atoms with E-state index in [2.05, 4.69) is 68.5 Å². The molecule has 0 aliphatic heterocycles. The summed E-state index contributed by atoms with van der Waals surface area (Å²) in [5.41, 5.74) is 2.32. The summed E-state index contributed by atoms with van der Waals surface area (Å²) >= 11 is 0. The van der Waals surface area contributed by atoms with Crippen LogP contribution in [0.25, 0.3) is 5.69 Å². The number of nitrogens with one attached hydrogen (secondary N) is 1. The molecule has 114 valence electrons. The predicted octanol–water partition coefficient (Wildman–Crippen LogP) is 2.86. The molecular formula is C17H26N4. The third kappa shape index (κ3) is 3.93. The van der Waals surface area contributed by atoms with Gasteiger partial charge in [-0.1, -0.05) is 32.0 Å². The third-order valence-electron chi connectivity index (χ3n) is 3.59. The first-order valence-corrected chi connectivity index (χ1v) is 7.51. The largest absolute Gasteiger partial charge is 0.310 e. The van der Waals surface area contributed by atoms with E-state index in [9.17, 15) is 0 Å². The Morgan fingerprint density at radius 3 is 2.33 bits per heavy atom. The third-order valence-corrected chi connectivity index (χ3v) is 3.59. The van der Waals surface area contributed by atoms with Crippen LogP contribution in [-0.4, -0.2) is 40.9 Å². The Kier molecular flexibility index (Phi) is 5.15. The fourth-order valence-corrected chi connectivity index (χ4v) is 2.86. The van der Waals surface area contributed by atoms with Crippen LogP contribution in [-0.2, 0) is 0 Å². The maximum atomic E-state index is 4.51. The van der Waals surface area contributed by atoms with Gasteiger partial charge in [-0.15, -0.1) is 0 Å². The molecule has 4 heteroatoms. The summed E-state index contributed by atoms with van der Waals surface area (Å²) in [6.07, 6.45) is 4.09. The van der Waals surface area contributed by atoms with Crippen molar-refractivity contribution in [3.8, 4) is 5.69 Å². The van der Waals surface area contributed by atoms with Crippen molar-refractivity contribution in [1.82, 2.24) is 20.0 Å². The molecule has 0 saturated heterocycles. The van der Waals surface area contributed by atoms with E-state index < -0.39 is 0 Å². The summed E-state index contributed by atoms with van der Waals surface area (Å²) in [6.45, 7) is 6.58. The summed E-state index contributed by atoms with van der Waals surface area (Å²) in [5, 5.41) is 8.11. The van der Waals surface area contributed by atoms with E-state index in [-0.39, 0.29) is 0 Å². The minimum Gasteiger partial charge on any atom is -0.310 e. The number of rotatable bonds is 6. The van der Waals surface area contributed by atoms with Crippen molar-refractivity contribution in [3.05, 3.63) is 48.3 Å². The van der Waals surface area contributed by atoms with E-state index in [0.717, 1.165) is 5.69 Å². The second-order valence-electron chi connectivity index (χ2n) is 6.07. The lowest BCUT2D eigenvalue weighted by molar-refractivity contribution is 0.233. The van der Waals surface area contributed by atoms with Gasteiger partial charge in [-0.25, -0.2) is 4.68 Å². The smallest absolute Gasteiger partial charge is 0.0645 e. The van der Waals surface area contributed by atoms with E-state index in [0.29, 0.717) is 18.1 Å². The van der Waals surface area contributed by atoms with Crippen LogP contribution >= 0.6 is 0 Å². The SMILES string of the molecule is CC(C)N[C@@H](C)[C@H](c1cnn(-c2ccccc2)c1)N(C)C. The van der Waals surface area contributed by atoms with Gasteiger partial charge >= 0.3 is 0 Å². The zero-order valence-electron chi connectivity index (χ0n) is 13.6. The molecule has 2 aromatic rings. The van der Waals surface area contributed by atoms with Crippen LogP contribution in [0.1, 0.15) is 32.4 Å². The minimum absolute atomic E-state index is 0.296. The van der Waals surface area contributed by atoms with E-state index in [1.165, 1.54) is 5.56 Å². The van der Waals surface area contributed by atoms with E-state index in [1.54, 1.807) is 0 Å². The highest BCUT2D eigenvalue weighted by atomic mass is 15.3. The number of aromatic nitrogens is 2. The number of hydrogen-bond acceptors (Lipinski definition) is 3. The van der Waals surface area contributed by atoms with Crippen LogP contribution in [0.15, 0.2) is 42.7 Å². The molecule has 2 atom stereocenters. The number of benzene rings is 1. The molecule has 21 heavy (non-hydrogen) atoms. The van der Waals surface area contributed by atoms with Gasteiger partial charge in [0.25, 0.3) is 0 Å². The summed E-state index contributed by atoms with van der Waals surface area (Å²) < 4.78 is 1.94. The van der Waals surface area contributed by atoms with Gasteiger partial charge in [0.05, 0.1) is 17.9 Å². The molecule has 4 nitrogen and oxygen atoms in total. The molecule has 0 spiro atoms. The molecule has 0 bridgehead atoms.